The fourth-order valence-electron chi connectivity index (χ4n) is 5.57. The lowest BCUT2D eigenvalue weighted by Crippen LogP contribution is -2.49. The molecular formula is C20H34N2O. The highest BCUT2D eigenvalue weighted by Crippen LogP contribution is 2.57. The van der Waals surface area contributed by atoms with Crippen LogP contribution >= 0.6 is 0 Å². The van der Waals surface area contributed by atoms with Gasteiger partial charge in [-0.15, -0.1) is 0 Å². The Morgan fingerprint density at radius 1 is 1.17 bits per heavy atom. The van der Waals surface area contributed by atoms with Crippen molar-refractivity contribution in [1.82, 2.24) is 4.90 Å². The minimum Gasteiger partial charge on any atom is -0.343 e. The Kier molecular flexibility index (Phi) is 5.13. The van der Waals surface area contributed by atoms with Crippen LogP contribution in [0, 0.1) is 23.7 Å². The molecule has 0 atom stereocenters. The van der Waals surface area contributed by atoms with Gasteiger partial charge in [-0.1, -0.05) is 13.8 Å². The Bertz CT molecular complexity index is 419. The standard InChI is InChI=1S/C14H23N.C6H11NO/c1-10(2)9-15-14-6-11-3-12(7-14)5-13(4-11)8-14;1-2-7-5-3-4-6(7)8/h9-13H,3-8H2,1-2H3;2-5H2,1H3. The van der Waals surface area contributed by atoms with Gasteiger partial charge in [-0.25, -0.2) is 0 Å². The van der Waals surface area contributed by atoms with Crippen molar-refractivity contribution in [3.8, 4) is 0 Å². The van der Waals surface area contributed by atoms with Crippen molar-refractivity contribution >= 4 is 12.1 Å². The number of hydrogen-bond acceptors (Lipinski definition) is 2. The summed E-state index contributed by atoms with van der Waals surface area (Å²) in [7, 11) is 0. The first-order chi connectivity index (χ1) is 11.0. The molecule has 1 heterocycles. The Labute approximate surface area is 141 Å². The number of rotatable bonds is 3. The average Bonchev–Trinajstić information content (AvgIpc) is 2.90. The van der Waals surface area contributed by atoms with Crippen LogP contribution in [0.5, 0.6) is 0 Å². The first-order valence-electron chi connectivity index (χ1n) is 9.83. The van der Waals surface area contributed by atoms with Crippen LogP contribution in [0.2, 0.25) is 0 Å². The van der Waals surface area contributed by atoms with Crippen LogP contribution in [0.3, 0.4) is 0 Å². The van der Waals surface area contributed by atoms with E-state index in [9.17, 15) is 4.79 Å². The highest BCUT2D eigenvalue weighted by atomic mass is 16.2. The molecule has 0 aromatic rings. The van der Waals surface area contributed by atoms with Crippen molar-refractivity contribution in [3.63, 3.8) is 0 Å². The SMILES string of the molecule is CC(C)C=NC12CC3CC(CC(C3)C1)C2.CCN1CCCC1=O. The third-order valence-corrected chi connectivity index (χ3v) is 6.21. The summed E-state index contributed by atoms with van der Waals surface area (Å²) in [6, 6.07) is 0. The van der Waals surface area contributed by atoms with Gasteiger partial charge in [-0.2, -0.15) is 0 Å². The van der Waals surface area contributed by atoms with E-state index in [4.69, 9.17) is 4.99 Å². The number of nitrogens with zero attached hydrogens (tertiary/aromatic N) is 2. The highest BCUT2D eigenvalue weighted by molar-refractivity contribution is 5.77. The molecule has 1 amide bonds. The Morgan fingerprint density at radius 3 is 2.09 bits per heavy atom. The van der Waals surface area contributed by atoms with Crippen molar-refractivity contribution in [3.05, 3.63) is 0 Å². The second-order valence-corrected chi connectivity index (χ2v) is 8.74. The lowest BCUT2D eigenvalue weighted by Gasteiger charge is -2.55. The van der Waals surface area contributed by atoms with E-state index in [1.54, 1.807) is 0 Å². The van der Waals surface area contributed by atoms with Crippen LogP contribution in [0.4, 0.5) is 0 Å². The zero-order valence-corrected chi connectivity index (χ0v) is 15.3. The Balaban J connectivity index is 0.000000166. The van der Waals surface area contributed by atoms with Gasteiger partial charge in [0.05, 0.1) is 5.54 Å². The van der Waals surface area contributed by atoms with Gasteiger partial charge < -0.3 is 4.90 Å². The number of likely N-dealkylation sites (tertiary alicyclic amines) is 1. The molecule has 0 radical (unpaired) electrons. The van der Waals surface area contributed by atoms with E-state index in [-0.39, 0.29) is 0 Å². The van der Waals surface area contributed by atoms with Gasteiger partial charge >= 0.3 is 0 Å². The van der Waals surface area contributed by atoms with Crippen LogP contribution in [-0.4, -0.2) is 35.7 Å². The van der Waals surface area contributed by atoms with Crippen molar-refractivity contribution < 1.29 is 4.79 Å². The fraction of sp³-hybridized carbons (Fsp3) is 0.900. The van der Waals surface area contributed by atoms with E-state index < -0.39 is 0 Å². The molecule has 4 saturated carbocycles. The van der Waals surface area contributed by atoms with Crippen LogP contribution in [-0.2, 0) is 4.79 Å². The summed E-state index contributed by atoms with van der Waals surface area (Å²) in [5, 5.41) is 0. The molecule has 5 rings (SSSR count). The minimum atomic E-state index is 0.326. The van der Waals surface area contributed by atoms with E-state index in [2.05, 4.69) is 20.1 Å². The van der Waals surface area contributed by atoms with Gasteiger partial charge in [0.15, 0.2) is 0 Å². The van der Waals surface area contributed by atoms with E-state index in [0.29, 0.717) is 17.4 Å². The van der Waals surface area contributed by atoms with Crippen LogP contribution in [0.25, 0.3) is 0 Å². The molecule has 130 valence electrons. The van der Waals surface area contributed by atoms with Crippen molar-refractivity contribution in [2.24, 2.45) is 28.7 Å². The largest absolute Gasteiger partial charge is 0.343 e. The predicted octanol–water partition coefficient (Wildman–Crippen LogP) is 4.31. The number of carbonyl (C=O) groups excluding carboxylic acids is 1. The minimum absolute atomic E-state index is 0.326. The number of hydrogen-bond donors (Lipinski definition) is 0. The Morgan fingerprint density at radius 2 is 1.74 bits per heavy atom. The van der Waals surface area contributed by atoms with E-state index in [0.717, 1.165) is 43.7 Å². The third-order valence-electron chi connectivity index (χ3n) is 6.21. The van der Waals surface area contributed by atoms with E-state index >= 15 is 0 Å². The van der Waals surface area contributed by atoms with Crippen LogP contribution in [0.15, 0.2) is 4.99 Å². The zero-order valence-electron chi connectivity index (χ0n) is 15.3. The number of carbonyl (C=O) groups is 1. The summed E-state index contributed by atoms with van der Waals surface area (Å²) in [5.41, 5.74) is 0.402. The maximum absolute atomic E-state index is 10.7. The maximum atomic E-state index is 10.7. The monoisotopic (exact) mass is 318 g/mol. The Hall–Kier alpha value is -0.860. The molecule has 4 bridgehead atoms. The van der Waals surface area contributed by atoms with Crippen molar-refractivity contribution in [2.45, 2.75) is 77.7 Å². The lowest BCUT2D eigenvalue weighted by molar-refractivity contribution is -0.127. The quantitative estimate of drug-likeness (QED) is 0.714. The molecule has 0 spiro atoms. The van der Waals surface area contributed by atoms with E-state index in [1.807, 2.05) is 11.8 Å². The highest BCUT2D eigenvalue weighted by Gasteiger charge is 2.50. The van der Waals surface area contributed by atoms with Crippen molar-refractivity contribution in [2.75, 3.05) is 13.1 Å². The molecule has 23 heavy (non-hydrogen) atoms. The number of aliphatic imine (C=N–C) groups is 1. The second kappa shape index (κ2) is 6.94. The molecule has 5 fully saturated rings. The average molecular weight is 319 g/mol. The number of amides is 1. The van der Waals surface area contributed by atoms with Crippen LogP contribution < -0.4 is 0 Å². The summed E-state index contributed by atoms with van der Waals surface area (Å²) in [6.07, 6.45) is 12.8. The maximum Gasteiger partial charge on any atom is 0.222 e. The predicted molar refractivity (Wildman–Crippen MR) is 95.7 cm³/mol. The summed E-state index contributed by atoms with van der Waals surface area (Å²) in [6.45, 7) is 8.37. The van der Waals surface area contributed by atoms with Gasteiger partial charge in [0, 0.05) is 25.7 Å². The molecule has 1 aliphatic heterocycles. The molecule has 3 heteroatoms. The summed E-state index contributed by atoms with van der Waals surface area (Å²) >= 11 is 0. The summed E-state index contributed by atoms with van der Waals surface area (Å²) in [5.74, 6) is 4.03. The van der Waals surface area contributed by atoms with Gasteiger partial charge in [0.1, 0.15) is 0 Å². The van der Waals surface area contributed by atoms with Gasteiger partial charge in [-0.3, -0.25) is 9.79 Å². The third kappa shape index (κ3) is 3.97. The molecule has 0 N–H and O–H groups in total. The van der Waals surface area contributed by atoms with E-state index in [1.165, 1.54) is 38.5 Å². The lowest BCUT2D eigenvalue weighted by atomic mass is 9.53. The molecule has 4 aliphatic carbocycles. The zero-order chi connectivity index (χ0) is 16.4. The molecular weight excluding hydrogens is 284 g/mol. The second-order valence-electron chi connectivity index (χ2n) is 8.74. The summed E-state index contributed by atoms with van der Waals surface area (Å²) in [4.78, 5) is 17.6. The molecule has 0 aromatic heterocycles. The fourth-order valence-corrected chi connectivity index (χ4v) is 5.57. The van der Waals surface area contributed by atoms with Crippen molar-refractivity contribution in [1.29, 1.82) is 0 Å². The van der Waals surface area contributed by atoms with Gasteiger partial charge in [-0.05, 0) is 75.5 Å². The molecule has 3 nitrogen and oxygen atoms in total. The smallest absolute Gasteiger partial charge is 0.222 e. The molecule has 0 unspecified atom stereocenters. The van der Waals surface area contributed by atoms with Gasteiger partial charge in [0.2, 0.25) is 5.91 Å². The molecule has 5 aliphatic rings. The normalized spacial score (nSPS) is 38.5. The van der Waals surface area contributed by atoms with Gasteiger partial charge in [0.25, 0.3) is 0 Å². The van der Waals surface area contributed by atoms with Crippen LogP contribution in [0.1, 0.15) is 72.1 Å². The first kappa shape index (κ1) is 17.0. The topological polar surface area (TPSA) is 32.7 Å². The molecule has 1 saturated heterocycles. The first-order valence-corrected chi connectivity index (χ1v) is 9.83. The summed E-state index contributed by atoms with van der Waals surface area (Å²) < 4.78 is 0. The molecule has 0 aromatic carbocycles.